The molecule has 5 N–H and O–H groups in total. The van der Waals surface area contributed by atoms with Crippen LogP contribution in [-0.4, -0.2) is 31.1 Å². The first kappa shape index (κ1) is 19.2. The Kier molecular flexibility index (Phi) is 9.16. The second kappa shape index (κ2) is 10.0. The lowest BCUT2D eigenvalue weighted by Gasteiger charge is -2.13. The maximum Gasteiger partial charge on any atom is 0.319 e. The van der Waals surface area contributed by atoms with Gasteiger partial charge in [0.25, 0.3) is 5.91 Å². The molecule has 0 unspecified atom stereocenters. The summed E-state index contributed by atoms with van der Waals surface area (Å²) < 4.78 is 0. The topological polar surface area (TPSA) is 96.2 Å². The zero-order chi connectivity index (χ0) is 15.0. The van der Waals surface area contributed by atoms with Crippen LogP contribution in [-0.2, 0) is 0 Å². The molecule has 0 bridgehead atoms. The average molecular weight is 315 g/mol. The molecular formula is C14H23ClN4O2. The van der Waals surface area contributed by atoms with Crippen molar-refractivity contribution in [1.29, 1.82) is 0 Å². The number of para-hydroxylation sites is 1. The summed E-state index contributed by atoms with van der Waals surface area (Å²) in [5, 5.41) is 8.15. The molecule has 0 saturated heterocycles. The number of benzene rings is 1. The normalized spacial score (nSPS) is 9.71. The van der Waals surface area contributed by atoms with E-state index in [1.54, 1.807) is 24.3 Å². The van der Waals surface area contributed by atoms with Crippen LogP contribution in [0.3, 0.4) is 0 Å². The molecule has 0 aliphatic carbocycles. The van der Waals surface area contributed by atoms with Gasteiger partial charge >= 0.3 is 6.03 Å². The molecule has 3 amide bonds. The number of nitrogens with two attached hydrogens (primary N) is 1. The fourth-order valence-electron chi connectivity index (χ4n) is 1.61. The lowest BCUT2D eigenvalue weighted by molar-refractivity contribution is 0.0954. The van der Waals surface area contributed by atoms with Crippen LogP contribution in [0.4, 0.5) is 10.5 Å². The van der Waals surface area contributed by atoms with Crippen molar-refractivity contribution in [1.82, 2.24) is 10.6 Å². The Morgan fingerprint density at radius 2 is 1.90 bits per heavy atom. The Labute approximate surface area is 131 Å². The highest BCUT2D eigenvalue weighted by atomic mass is 35.5. The number of anilines is 1. The van der Waals surface area contributed by atoms with Crippen LogP contribution in [0.15, 0.2) is 24.3 Å². The Bertz CT molecular complexity index is 466. The average Bonchev–Trinajstić information content (AvgIpc) is 2.38. The van der Waals surface area contributed by atoms with Crippen molar-refractivity contribution in [3.8, 4) is 0 Å². The zero-order valence-corrected chi connectivity index (χ0v) is 13.1. The summed E-state index contributed by atoms with van der Waals surface area (Å²) in [4.78, 5) is 23.7. The van der Waals surface area contributed by atoms with Gasteiger partial charge in [-0.05, 0) is 38.9 Å². The van der Waals surface area contributed by atoms with Gasteiger partial charge in [-0.1, -0.05) is 12.1 Å². The zero-order valence-electron chi connectivity index (χ0n) is 12.3. The van der Waals surface area contributed by atoms with Gasteiger partial charge in [-0.25, -0.2) is 4.79 Å². The van der Waals surface area contributed by atoms with Crippen LogP contribution in [0.5, 0.6) is 0 Å². The maximum absolute atomic E-state index is 12.0. The number of halogens is 1. The fraction of sp³-hybridized carbons (Fsp3) is 0.429. The smallest absolute Gasteiger partial charge is 0.319 e. The van der Waals surface area contributed by atoms with E-state index in [0.29, 0.717) is 24.3 Å². The number of urea groups is 1. The van der Waals surface area contributed by atoms with Crippen LogP contribution in [0.2, 0.25) is 0 Å². The molecule has 7 heteroatoms. The third-order valence-electron chi connectivity index (χ3n) is 2.51. The van der Waals surface area contributed by atoms with Gasteiger partial charge in [-0.3, -0.25) is 4.79 Å². The van der Waals surface area contributed by atoms with Crippen molar-refractivity contribution in [2.75, 3.05) is 18.4 Å². The van der Waals surface area contributed by atoms with Crippen molar-refractivity contribution < 1.29 is 9.59 Å². The van der Waals surface area contributed by atoms with Crippen molar-refractivity contribution in [2.45, 2.75) is 26.3 Å². The summed E-state index contributed by atoms with van der Waals surface area (Å²) in [7, 11) is 0. The second-order valence-corrected chi connectivity index (χ2v) is 4.70. The number of carbonyl (C=O) groups is 2. The summed E-state index contributed by atoms with van der Waals surface area (Å²) in [6.45, 7) is 4.77. The Hall–Kier alpha value is -1.79. The van der Waals surface area contributed by atoms with Crippen LogP contribution in [0.25, 0.3) is 0 Å². The molecular weight excluding hydrogens is 292 g/mol. The number of rotatable bonds is 6. The maximum atomic E-state index is 12.0. The molecule has 0 aromatic heterocycles. The van der Waals surface area contributed by atoms with E-state index >= 15 is 0 Å². The van der Waals surface area contributed by atoms with E-state index < -0.39 is 0 Å². The van der Waals surface area contributed by atoms with Gasteiger partial charge in [-0.15, -0.1) is 12.4 Å². The minimum atomic E-state index is -0.331. The monoisotopic (exact) mass is 314 g/mol. The van der Waals surface area contributed by atoms with Gasteiger partial charge in [0, 0.05) is 12.6 Å². The van der Waals surface area contributed by atoms with Crippen molar-refractivity contribution in [3.63, 3.8) is 0 Å². The van der Waals surface area contributed by atoms with Gasteiger partial charge in [0.2, 0.25) is 0 Å². The highest BCUT2D eigenvalue weighted by molar-refractivity contribution is 6.03. The van der Waals surface area contributed by atoms with Gasteiger partial charge in [-0.2, -0.15) is 0 Å². The number of carbonyl (C=O) groups excluding carboxylic acids is 2. The third kappa shape index (κ3) is 6.97. The SMILES string of the molecule is CC(C)NC(=O)Nc1ccccc1C(=O)NCCCN.Cl. The standard InChI is InChI=1S/C14H22N4O2.ClH/c1-10(2)17-14(20)18-12-7-4-3-6-11(12)13(19)16-9-5-8-15;/h3-4,6-7,10H,5,8-9,15H2,1-2H3,(H,16,19)(H2,17,18,20);1H. The molecule has 1 aromatic rings. The fourth-order valence-corrected chi connectivity index (χ4v) is 1.61. The Morgan fingerprint density at radius 3 is 2.52 bits per heavy atom. The van der Waals surface area contributed by atoms with Crippen LogP contribution in [0.1, 0.15) is 30.6 Å². The molecule has 1 rings (SSSR count). The molecule has 0 fully saturated rings. The van der Waals surface area contributed by atoms with E-state index in [-0.39, 0.29) is 30.4 Å². The highest BCUT2D eigenvalue weighted by Crippen LogP contribution is 2.14. The molecule has 0 saturated carbocycles. The van der Waals surface area contributed by atoms with Gasteiger partial charge in [0.15, 0.2) is 0 Å². The van der Waals surface area contributed by atoms with E-state index in [9.17, 15) is 9.59 Å². The summed E-state index contributed by atoms with van der Waals surface area (Å²) in [5.74, 6) is -0.223. The molecule has 0 atom stereocenters. The molecule has 0 aliphatic rings. The lowest BCUT2D eigenvalue weighted by Crippen LogP contribution is -2.35. The largest absolute Gasteiger partial charge is 0.352 e. The Balaban J connectivity index is 0.00000400. The van der Waals surface area contributed by atoms with E-state index in [0.717, 1.165) is 6.42 Å². The highest BCUT2D eigenvalue weighted by Gasteiger charge is 2.12. The van der Waals surface area contributed by atoms with Crippen LogP contribution in [0, 0.1) is 0 Å². The first-order valence-electron chi connectivity index (χ1n) is 6.69. The molecule has 0 radical (unpaired) electrons. The third-order valence-corrected chi connectivity index (χ3v) is 2.51. The molecule has 1 aromatic carbocycles. The number of hydrogen-bond donors (Lipinski definition) is 4. The first-order chi connectivity index (χ1) is 9.54. The van der Waals surface area contributed by atoms with E-state index in [1.165, 1.54) is 0 Å². The predicted molar refractivity (Wildman–Crippen MR) is 87.0 cm³/mol. The van der Waals surface area contributed by atoms with E-state index in [2.05, 4.69) is 16.0 Å². The summed E-state index contributed by atoms with van der Waals surface area (Å²) in [6, 6.07) is 6.58. The van der Waals surface area contributed by atoms with E-state index in [4.69, 9.17) is 5.73 Å². The van der Waals surface area contributed by atoms with Gasteiger partial charge in [0.05, 0.1) is 11.3 Å². The van der Waals surface area contributed by atoms with E-state index in [1.807, 2.05) is 13.8 Å². The molecule has 0 aliphatic heterocycles. The number of nitrogens with one attached hydrogen (secondary N) is 3. The number of amides is 3. The quantitative estimate of drug-likeness (QED) is 0.602. The molecule has 0 heterocycles. The van der Waals surface area contributed by atoms with Crippen LogP contribution >= 0.6 is 12.4 Å². The lowest BCUT2D eigenvalue weighted by atomic mass is 10.1. The molecule has 21 heavy (non-hydrogen) atoms. The minimum Gasteiger partial charge on any atom is -0.352 e. The van der Waals surface area contributed by atoms with Gasteiger partial charge in [0.1, 0.15) is 0 Å². The van der Waals surface area contributed by atoms with Crippen molar-refractivity contribution in [2.24, 2.45) is 5.73 Å². The molecule has 118 valence electrons. The van der Waals surface area contributed by atoms with Crippen molar-refractivity contribution in [3.05, 3.63) is 29.8 Å². The van der Waals surface area contributed by atoms with Crippen molar-refractivity contribution >= 4 is 30.0 Å². The summed E-state index contributed by atoms with van der Waals surface area (Å²) in [6.07, 6.45) is 0.717. The second-order valence-electron chi connectivity index (χ2n) is 4.70. The number of hydrogen-bond acceptors (Lipinski definition) is 3. The van der Waals surface area contributed by atoms with Crippen LogP contribution < -0.4 is 21.7 Å². The molecule has 6 nitrogen and oxygen atoms in total. The predicted octanol–water partition coefficient (Wildman–Crippen LogP) is 1.72. The summed E-state index contributed by atoms with van der Waals surface area (Å²) >= 11 is 0. The summed E-state index contributed by atoms with van der Waals surface area (Å²) in [5.41, 5.74) is 6.30. The Morgan fingerprint density at radius 1 is 1.24 bits per heavy atom. The minimum absolute atomic E-state index is 0. The first-order valence-corrected chi connectivity index (χ1v) is 6.69. The van der Waals surface area contributed by atoms with Gasteiger partial charge < -0.3 is 21.7 Å². The molecule has 0 spiro atoms.